The van der Waals surface area contributed by atoms with Crippen LogP contribution in [0, 0.1) is 5.92 Å². The summed E-state index contributed by atoms with van der Waals surface area (Å²) < 4.78 is 5.70. The van der Waals surface area contributed by atoms with Gasteiger partial charge in [0.1, 0.15) is 12.4 Å². The average molecular weight is 301 g/mol. The summed E-state index contributed by atoms with van der Waals surface area (Å²) >= 11 is 0. The Morgan fingerprint density at radius 3 is 3.05 bits per heavy atom. The second-order valence-corrected chi connectivity index (χ2v) is 5.80. The SMILES string of the molecule is C=CCOc1ccccc1CNC(=NC)N1CCCC(C)C1. The Bertz CT molecular complexity index is 513. The van der Waals surface area contributed by atoms with Gasteiger partial charge in [-0.1, -0.05) is 37.8 Å². The minimum Gasteiger partial charge on any atom is -0.489 e. The summed E-state index contributed by atoms with van der Waals surface area (Å²) in [6.07, 6.45) is 4.31. The van der Waals surface area contributed by atoms with Crippen LogP contribution in [0.3, 0.4) is 0 Å². The molecule has 1 aliphatic rings. The summed E-state index contributed by atoms with van der Waals surface area (Å²) in [6, 6.07) is 8.09. The van der Waals surface area contributed by atoms with Gasteiger partial charge >= 0.3 is 0 Å². The first-order valence-electron chi connectivity index (χ1n) is 8.01. The Hall–Kier alpha value is -1.97. The van der Waals surface area contributed by atoms with Crippen LogP contribution < -0.4 is 10.1 Å². The Morgan fingerprint density at radius 1 is 1.50 bits per heavy atom. The molecule has 120 valence electrons. The van der Waals surface area contributed by atoms with E-state index in [1.165, 1.54) is 12.8 Å². The van der Waals surface area contributed by atoms with E-state index in [2.05, 4.69) is 34.8 Å². The predicted octanol–water partition coefficient (Wildman–Crippen LogP) is 3.06. The van der Waals surface area contributed by atoms with Gasteiger partial charge in [0.05, 0.1) is 0 Å². The highest BCUT2D eigenvalue weighted by Gasteiger charge is 2.19. The van der Waals surface area contributed by atoms with Crippen molar-refractivity contribution in [3.05, 3.63) is 42.5 Å². The molecule has 0 saturated carbocycles. The van der Waals surface area contributed by atoms with Crippen LogP contribution >= 0.6 is 0 Å². The van der Waals surface area contributed by atoms with E-state index >= 15 is 0 Å². The molecular weight excluding hydrogens is 274 g/mol. The molecule has 4 nitrogen and oxygen atoms in total. The second-order valence-electron chi connectivity index (χ2n) is 5.80. The summed E-state index contributed by atoms with van der Waals surface area (Å²) in [7, 11) is 1.85. The van der Waals surface area contributed by atoms with Crippen molar-refractivity contribution in [3.63, 3.8) is 0 Å². The van der Waals surface area contributed by atoms with E-state index in [1.54, 1.807) is 6.08 Å². The van der Waals surface area contributed by atoms with E-state index in [4.69, 9.17) is 4.74 Å². The van der Waals surface area contributed by atoms with Crippen molar-refractivity contribution < 1.29 is 4.74 Å². The zero-order chi connectivity index (χ0) is 15.8. The number of piperidine rings is 1. The molecular formula is C18H27N3O. The number of aliphatic imine (C=N–C) groups is 1. The lowest BCUT2D eigenvalue weighted by Crippen LogP contribution is -2.45. The van der Waals surface area contributed by atoms with Crippen molar-refractivity contribution in [2.24, 2.45) is 10.9 Å². The summed E-state index contributed by atoms with van der Waals surface area (Å²) in [5, 5.41) is 3.46. The third-order valence-electron chi connectivity index (χ3n) is 3.93. The van der Waals surface area contributed by atoms with Gasteiger partial charge in [-0.15, -0.1) is 0 Å². The molecule has 1 atom stereocenters. The van der Waals surface area contributed by atoms with Crippen LogP contribution in [0.4, 0.5) is 0 Å². The largest absolute Gasteiger partial charge is 0.489 e. The Balaban J connectivity index is 1.97. The van der Waals surface area contributed by atoms with Crippen LogP contribution in [0.15, 0.2) is 41.9 Å². The minimum atomic E-state index is 0.523. The third kappa shape index (κ3) is 4.52. The van der Waals surface area contributed by atoms with Crippen molar-refractivity contribution in [1.29, 1.82) is 0 Å². The van der Waals surface area contributed by atoms with Crippen LogP contribution in [-0.4, -0.2) is 37.6 Å². The molecule has 0 spiro atoms. The molecule has 0 bridgehead atoms. The molecule has 1 saturated heterocycles. The van der Waals surface area contributed by atoms with Gasteiger partial charge in [0.2, 0.25) is 0 Å². The average Bonchev–Trinajstić information content (AvgIpc) is 2.54. The quantitative estimate of drug-likeness (QED) is 0.516. The van der Waals surface area contributed by atoms with E-state index in [9.17, 15) is 0 Å². The van der Waals surface area contributed by atoms with Gasteiger partial charge in [-0.05, 0) is 24.8 Å². The van der Waals surface area contributed by atoms with Crippen LogP contribution in [0.25, 0.3) is 0 Å². The molecule has 1 heterocycles. The summed E-state index contributed by atoms with van der Waals surface area (Å²) in [5.41, 5.74) is 1.13. The lowest BCUT2D eigenvalue weighted by atomic mass is 10.0. The number of nitrogens with zero attached hydrogens (tertiary/aromatic N) is 2. The smallest absolute Gasteiger partial charge is 0.193 e. The van der Waals surface area contributed by atoms with Gasteiger partial charge < -0.3 is 15.0 Å². The number of para-hydroxylation sites is 1. The molecule has 0 aromatic heterocycles. The normalized spacial score (nSPS) is 18.9. The fraction of sp³-hybridized carbons (Fsp3) is 0.500. The lowest BCUT2D eigenvalue weighted by Gasteiger charge is -2.33. The Morgan fingerprint density at radius 2 is 2.32 bits per heavy atom. The van der Waals surface area contributed by atoms with E-state index in [1.807, 2.05) is 25.2 Å². The van der Waals surface area contributed by atoms with E-state index in [0.29, 0.717) is 13.2 Å². The number of likely N-dealkylation sites (tertiary alicyclic amines) is 1. The number of nitrogens with one attached hydrogen (secondary N) is 1. The van der Waals surface area contributed by atoms with Gasteiger partial charge in [-0.3, -0.25) is 4.99 Å². The maximum absolute atomic E-state index is 5.70. The number of hydrogen-bond acceptors (Lipinski definition) is 2. The first-order chi connectivity index (χ1) is 10.7. The van der Waals surface area contributed by atoms with Crippen LogP contribution in [0.2, 0.25) is 0 Å². The van der Waals surface area contributed by atoms with Crippen LogP contribution in [0.1, 0.15) is 25.3 Å². The van der Waals surface area contributed by atoms with Gasteiger partial charge in [-0.25, -0.2) is 0 Å². The minimum absolute atomic E-state index is 0.523. The maximum Gasteiger partial charge on any atom is 0.193 e. The molecule has 1 aliphatic heterocycles. The fourth-order valence-electron chi connectivity index (χ4n) is 2.83. The van der Waals surface area contributed by atoms with Gasteiger partial charge in [0.15, 0.2) is 5.96 Å². The predicted molar refractivity (Wildman–Crippen MR) is 92.3 cm³/mol. The van der Waals surface area contributed by atoms with Gasteiger partial charge in [-0.2, -0.15) is 0 Å². The first kappa shape index (κ1) is 16.4. The molecule has 1 N–H and O–H groups in total. The number of rotatable bonds is 5. The van der Waals surface area contributed by atoms with Crippen LogP contribution in [0.5, 0.6) is 5.75 Å². The van der Waals surface area contributed by atoms with Gasteiger partial charge in [0.25, 0.3) is 0 Å². The van der Waals surface area contributed by atoms with Crippen molar-refractivity contribution in [2.45, 2.75) is 26.3 Å². The molecule has 22 heavy (non-hydrogen) atoms. The molecule has 0 amide bonds. The lowest BCUT2D eigenvalue weighted by molar-refractivity contribution is 0.265. The highest BCUT2D eigenvalue weighted by molar-refractivity contribution is 5.80. The zero-order valence-corrected chi connectivity index (χ0v) is 13.7. The highest BCUT2D eigenvalue weighted by Crippen LogP contribution is 2.19. The van der Waals surface area contributed by atoms with Gasteiger partial charge in [0, 0.05) is 32.2 Å². The van der Waals surface area contributed by atoms with Crippen molar-refractivity contribution in [2.75, 3.05) is 26.7 Å². The molecule has 4 heteroatoms. The molecule has 2 rings (SSSR count). The first-order valence-corrected chi connectivity index (χ1v) is 8.01. The molecule has 1 aromatic rings. The standard InChI is InChI=1S/C18H27N3O/c1-4-12-22-17-10-6-5-9-16(17)13-20-18(19-3)21-11-7-8-15(2)14-21/h4-6,9-10,15H,1,7-8,11-14H2,2-3H3,(H,19,20). The maximum atomic E-state index is 5.70. The summed E-state index contributed by atoms with van der Waals surface area (Å²) in [6.45, 7) is 9.39. The molecule has 1 fully saturated rings. The Labute approximate surface area is 133 Å². The van der Waals surface area contributed by atoms with Crippen molar-refractivity contribution in [1.82, 2.24) is 10.2 Å². The monoisotopic (exact) mass is 301 g/mol. The number of hydrogen-bond donors (Lipinski definition) is 1. The zero-order valence-electron chi connectivity index (χ0n) is 13.7. The molecule has 1 aromatic carbocycles. The summed E-state index contributed by atoms with van der Waals surface area (Å²) in [5.74, 6) is 2.61. The number of benzene rings is 1. The highest BCUT2D eigenvalue weighted by atomic mass is 16.5. The topological polar surface area (TPSA) is 36.9 Å². The third-order valence-corrected chi connectivity index (χ3v) is 3.93. The number of guanidine groups is 1. The van der Waals surface area contributed by atoms with Crippen molar-refractivity contribution in [3.8, 4) is 5.75 Å². The summed E-state index contributed by atoms with van der Waals surface area (Å²) in [4.78, 5) is 6.78. The number of ether oxygens (including phenoxy) is 1. The fourth-order valence-corrected chi connectivity index (χ4v) is 2.83. The molecule has 0 aliphatic carbocycles. The van der Waals surface area contributed by atoms with E-state index in [-0.39, 0.29) is 0 Å². The van der Waals surface area contributed by atoms with Crippen molar-refractivity contribution >= 4 is 5.96 Å². The molecule has 1 unspecified atom stereocenters. The second kappa shape index (κ2) is 8.47. The van der Waals surface area contributed by atoms with E-state index in [0.717, 1.165) is 36.3 Å². The van der Waals surface area contributed by atoms with Crippen LogP contribution in [-0.2, 0) is 6.54 Å². The molecule has 0 radical (unpaired) electrons. The van der Waals surface area contributed by atoms with E-state index < -0.39 is 0 Å². The Kier molecular flexibility index (Phi) is 6.31.